The summed E-state index contributed by atoms with van der Waals surface area (Å²) in [6.45, 7) is 6.46. The number of hydrogen-bond donors (Lipinski definition) is 2. The van der Waals surface area contributed by atoms with E-state index >= 15 is 0 Å². The van der Waals surface area contributed by atoms with Crippen LogP contribution in [0, 0.1) is 0 Å². The van der Waals surface area contributed by atoms with Gasteiger partial charge < -0.3 is 10.6 Å². The Morgan fingerprint density at radius 2 is 1.95 bits per heavy atom. The standard InChI is InChI=1S/C16H21N3OS/c1-16(2,3)19-15(20)17-10-9-14-18-13(11-21-14)12-7-5-4-6-8-12/h4-8,11H,9-10H2,1-3H3,(H2,17,19,20). The van der Waals surface area contributed by atoms with Gasteiger partial charge in [0.05, 0.1) is 10.7 Å². The lowest BCUT2D eigenvalue weighted by atomic mass is 10.1. The number of benzene rings is 1. The van der Waals surface area contributed by atoms with Crippen LogP contribution in [-0.4, -0.2) is 23.1 Å². The van der Waals surface area contributed by atoms with Crippen molar-refractivity contribution in [2.24, 2.45) is 0 Å². The molecule has 5 heteroatoms. The van der Waals surface area contributed by atoms with Crippen LogP contribution in [0.2, 0.25) is 0 Å². The van der Waals surface area contributed by atoms with Gasteiger partial charge in [0.25, 0.3) is 0 Å². The second-order valence-corrected chi connectivity index (χ2v) is 6.82. The van der Waals surface area contributed by atoms with E-state index in [2.05, 4.69) is 21.0 Å². The molecule has 0 fully saturated rings. The molecule has 21 heavy (non-hydrogen) atoms. The smallest absolute Gasteiger partial charge is 0.315 e. The molecule has 0 saturated heterocycles. The Labute approximate surface area is 129 Å². The van der Waals surface area contributed by atoms with Crippen molar-refractivity contribution in [3.63, 3.8) is 0 Å². The quantitative estimate of drug-likeness (QED) is 0.909. The summed E-state index contributed by atoms with van der Waals surface area (Å²) in [5, 5.41) is 8.81. The number of hydrogen-bond acceptors (Lipinski definition) is 3. The Bertz CT molecular complexity index is 587. The number of nitrogens with one attached hydrogen (secondary N) is 2. The van der Waals surface area contributed by atoms with Crippen LogP contribution >= 0.6 is 11.3 Å². The summed E-state index contributed by atoms with van der Waals surface area (Å²) in [4.78, 5) is 16.2. The maximum absolute atomic E-state index is 11.6. The monoisotopic (exact) mass is 303 g/mol. The molecule has 0 unspecified atom stereocenters. The van der Waals surface area contributed by atoms with Gasteiger partial charge in [-0.1, -0.05) is 30.3 Å². The fraction of sp³-hybridized carbons (Fsp3) is 0.375. The second-order valence-electron chi connectivity index (χ2n) is 5.87. The highest BCUT2D eigenvalue weighted by molar-refractivity contribution is 7.09. The number of nitrogens with zero attached hydrogens (tertiary/aromatic N) is 1. The average Bonchev–Trinajstić information content (AvgIpc) is 2.86. The first-order chi connectivity index (χ1) is 9.94. The van der Waals surface area contributed by atoms with Gasteiger partial charge in [0.2, 0.25) is 0 Å². The molecule has 1 aromatic carbocycles. The zero-order valence-electron chi connectivity index (χ0n) is 12.6. The van der Waals surface area contributed by atoms with Crippen molar-refractivity contribution in [3.8, 4) is 11.3 Å². The summed E-state index contributed by atoms with van der Waals surface area (Å²) in [6, 6.07) is 9.97. The molecule has 112 valence electrons. The van der Waals surface area contributed by atoms with Crippen LogP contribution in [0.25, 0.3) is 11.3 Å². The van der Waals surface area contributed by atoms with E-state index in [9.17, 15) is 4.79 Å². The number of carbonyl (C=O) groups excluding carboxylic acids is 1. The van der Waals surface area contributed by atoms with Crippen molar-refractivity contribution >= 4 is 17.4 Å². The molecular weight excluding hydrogens is 282 g/mol. The second kappa shape index (κ2) is 6.72. The van der Waals surface area contributed by atoms with Gasteiger partial charge >= 0.3 is 6.03 Å². The van der Waals surface area contributed by atoms with Crippen molar-refractivity contribution in [2.45, 2.75) is 32.7 Å². The molecule has 0 aliphatic heterocycles. The third-order valence-corrected chi connectivity index (χ3v) is 3.64. The number of carbonyl (C=O) groups is 1. The molecule has 2 rings (SSSR count). The van der Waals surface area contributed by atoms with Crippen molar-refractivity contribution in [3.05, 3.63) is 40.7 Å². The fourth-order valence-electron chi connectivity index (χ4n) is 1.83. The van der Waals surface area contributed by atoms with Crippen molar-refractivity contribution in [2.75, 3.05) is 6.54 Å². The topological polar surface area (TPSA) is 54.0 Å². The number of thiazole rings is 1. The lowest BCUT2D eigenvalue weighted by Gasteiger charge is -2.20. The number of urea groups is 1. The summed E-state index contributed by atoms with van der Waals surface area (Å²) < 4.78 is 0. The van der Waals surface area contributed by atoms with Crippen molar-refractivity contribution in [1.82, 2.24) is 15.6 Å². The van der Waals surface area contributed by atoms with Crippen LogP contribution in [0.15, 0.2) is 35.7 Å². The first-order valence-corrected chi connectivity index (χ1v) is 7.88. The van der Waals surface area contributed by atoms with Gasteiger partial charge in [-0.25, -0.2) is 9.78 Å². The highest BCUT2D eigenvalue weighted by Crippen LogP contribution is 2.21. The number of rotatable bonds is 4. The Balaban J connectivity index is 1.83. The summed E-state index contributed by atoms with van der Waals surface area (Å²) in [5.41, 5.74) is 1.90. The summed E-state index contributed by atoms with van der Waals surface area (Å²) in [5.74, 6) is 0. The maximum atomic E-state index is 11.6. The maximum Gasteiger partial charge on any atom is 0.315 e. The minimum atomic E-state index is -0.217. The van der Waals surface area contributed by atoms with Gasteiger partial charge in [0.15, 0.2) is 0 Å². The zero-order valence-corrected chi connectivity index (χ0v) is 13.5. The van der Waals surface area contributed by atoms with Crippen LogP contribution in [0.3, 0.4) is 0 Å². The molecule has 1 heterocycles. The highest BCUT2D eigenvalue weighted by atomic mass is 32.1. The van der Waals surface area contributed by atoms with Gasteiger partial charge in [0.1, 0.15) is 0 Å². The fourth-order valence-corrected chi connectivity index (χ4v) is 2.64. The molecule has 0 radical (unpaired) electrons. The Kier molecular flexibility index (Phi) is 4.96. The third kappa shape index (κ3) is 5.19. The first-order valence-electron chi connectivity index (χ1n) is 7.00. The van der Waals surface area contributed by atoms with E-state index in [0.717, 1.165) is 22.7 Å². The van der Waals surface area contributed by atoms with Gasteiger partial charge in [0, 0.05) is 29.4 Å². The van der Waals surface area contributed by atoms with Gasteiger partial charge in [-0.05, 0) is 20.8 Å². The van der Waals surface area contributed by atoms with Gasteiger partial charge in [-0.3, -0.25) is 0 Å². The van der Waals surface area contributed by atoms with E-state index in [1.54, 1.807) is 11.3 Å². The molecule has 0 atom stereocenters. The third-order valence-electron chi connectivity index (χ3n) is 2.73. The Hall–Kier alpha value is -1.88. The molecule has 0 aliphatic rings. The Morgan fingerprint density at radius 3 is 2.62 bits per heavy atom. The predicted octanol–water partition coefficient (Wildman–Crippen LogP) is 3.45. The van der Waals surface area contributed by atoms with E-state index in [-0.39, 0.29) is 11.6 Å². The molecule has 4 nitrogen and oxygen atoms in total. The molecule has 2 aromatic rings. The van der Waals surface area contributed by atoms with Crippen molar-refractivity contribution in [1.29, 1.82) is 0 Å². The molecule has 2 N–H and O–H groups in total. The SMILES string of the molecule is CC(C)(C)NC(=O)NCCc1nc(-c2ccccc2)cs1. The molecule has 0 bridgehead atoms. The first kappa shape index (κ1) is 15.5. The van der Waals surface area contributed by atoms with Crippen LogP contribution in [0.1, 0.15) is 25.8 Å². The van der Waals surface area contributed by atoms with Crippen LogP contribution in [0.5, 0.6) is 0 Å². The average molecular weight is 303 g/mol. The number of amides is 2. The van der Waals surface area contributed by atoms with E-state index < -0.39 is 0 Å². The molecule has 0 spiro atoms. The van der Waals surface area contributed by atoms with Gasteiger partial charge in [-0.15, -0.1) is 11.3 Å². The largest absolute Gasteiger partial charge is 0.338 e. The van der Waals surface area contributed by atoms with Crippen LogP contribution < -0.4 is 10.6 Å². The summed E-state index contributed by atoms with van der Waals surface area (Å²) in [6.07, 6.45) is 0.745. The van der Waals surface area contributed by atoms with Crippen molar-refractivity contribution < 1.29 is 4.79 Å². The summed E-state index contributed by atoms with van der Waals surface area (Å²) in [7, 11) is 0. The van der Waals surface area contributed by atoms with Crippen LogP contribution in [0.4, 0.5) is 4.79 Å². The van der Waals surface area contributed by atoms with Gasteiger partial charge in [-0.2, -0.15) is 0 Å². The molecule has 0 aliphatic carbocycles. The highest BCUT2D eigenvalue weighted by Gasteiger charge is 2.13. The van der Waals surface area contributed by atoms with E-state index in [1.165, 1.54) is 0 Å². The predicted molar refractivity (Wildman–Crippen MR) is 87.5 cm³/mol. The normalized spacial score (nSPS) is 11.2. The summed E-state index contributed by atoms with van der Waals surface area (Å²) >= 11 is 1.63. The zero-order chi connectivity index (χ0) is 15.3. The molecule has 2 amide bonds. The minimum absolute atomic E-state index is 0.137. The molecular formula is C16H21N3OS. The van der Waals surface area contributed by atoms with E-state index in [0.29, 0.717) is 6.54 Å². The van der Waals surface area contributed by atoms with Crippen LogP contribution in [-0.2, 0) is 6.42 Å². The minimum Gasteiger partial charge on any atom is -0.338 e. The van der Waals surface area contributed by atoms with E-state index in [1.807, 2.05) is 51.1 Å². The van der Waals surface area contributed by atoms with E-state index in [4.69, 9.17) is 0 Å². The lowest BCUT2D eigenvalue weighted by molar-refractivity contribution is 0.232. The lowest BCUT2D eigenvalue weighted by Crippen LogP contribution is -2.46. The Morgan fingerprint density at radius 1 is 1.24 bits per heavy atom. The number of aromatic nitrogens is 1. The molecule has 1 aromatic heterocycles. The molecule has 0 saturated carbocycles.